The summed E-state index contributed by atoms with van der Waals surface area (Å²) in [4.78, 5) is 0. The van der Waals surface area contributed by atoms with Gasteiger partial charge < -0.3 is 10.4 Å². The Kier molecular flexibility index (Phi) is 3.53. The standard InChI is InChI=1S/C12H19NO/c1-5-13-10(4)11-7-6-8(2)9(3)12(11)14/h6-7,10,13-14H,5H2,1-4H3. The lowest BCUT2D eigenvalue weighted by molar-refractivity contribution is 0.450. The molecule has 1 atom stereocenters. The molecule has 2 heteroatoms. The van der Waals surface area contributed by atoms with Crippen LogP contribution in [0.2, 0.25) is 0 Å². The molecule has 0 aromatic heterocycles. The molecule has 0 aliphatic heterocycles. The van der Waals surface area contributed by atoms with Crippen LogP contribution in [0.25, 0.3) is 0 Å². The zero-order valence-corrected chi connectivity index (χ0v) is 9.39. The van der Waals surface area contributed by atoms with E-state index in [1.807, 2.05) is 19.9 Å². The van der Waals surface area contributed by atoms with E-state index in [0.29, 0.717) is 5.75 Å². The van der Waals surface area contributed by atoms with Crippen molar-refractivity contribution in [2.75, 3.05) is 6.54 Å². The predicted octanol–water partition coefficient (Wildman–Crippen LogP) is 2.68. The first-order valence-corrected chi connectivity index (χ1v) is 5.10. The minimum absolute atomic E-state index is 0.208. The fourth-order valence-corrected chi connectivity index (χ4v) is 1.59. The molecule has 2 N–H and O–H groups in total. The van der Waals surface area contributed by atoms with Crippen LogP contribution >= 0.6 is 0 Å². The van der Waals surface area contributed by atoms with Gasteiger partial charge in [0.25, 0.3) is 0 Å². The van der Waals surface area contributed by atoms with Crippen LogP contribution < -0.4 is 5.32 Å². The van der Waals surface area contributed by atoms with E-state index in [1.54, 1.807) is 0 Å². The first-order chi connectivity index (χ1) is 6.57. The molecule has 14 heavy (non-hydrogen) atoms. The topological polar surface area (TPSA) is 32.3 Å². The van der Waals surface area contributed by atoms with E-state index in [0.717, 1.165) is 23.2 Å². The van der Waals surface area contributed by atoms with E-state index >= 15 is 0 Å². The van der Waals surface area contributed by atoms with Crippen molar-refractivity contribution in [3.63, 3.8) is 0 Å². The minimum Gasteiger partial charge on any atom is -0.507 e. The molecule has 1 aromatic carbocycles. The van der Waals surface area contributed by atoms with Crippen LogP contribution in [0.1, 0.15) is 36.6 Å². The second kappa shape index (κ2) is 4.47. The lowest BCUT2D eigenvalue weighted by atomic mass is 10.00. The third-order valence-electron chi connectivity index (χ3n) is 2.71. The molecule has 0 aliphatic carbocycles. The molecular weight excluding hydrogens is 174 g/mol. The molecule has 78 valence electrons. The largest absolute Gasteiger partial charge is 0.507 e. The van der Waals surface area contributed by atoms with Crippen molar-refractivity contribution in [2.24, 2.45) is 0 Å². The van der Waals surface area contributed by atoms with Crippen molar-refractivity contribution >= 4 is 0 Å². The van der Waals surface area contributed by atoms with Crippen LogP contribution in [-0.2, 0) is 0 Å². The average molecular weight is 193 g/mol. The summed E-state index contributed by atoms with van der Waals surface area (Å²) in [5.41, 5.74) is 3.09. The number of phenols is 1. The van der Waals surface area contributed by atoms with Gasteiger partial charge in [0.1, 0.15) is 5.75 Å². The van der Waals surface area contributed by atoms with E-state index in [1.165, 1.54) is 0 Å². The zero-order chi connectivity index (χ0) is 10.7. The number of hydrogen-bond donors (Lipinski definition) is 2. The van der Waals surface area contributed by atoms with Gasteiger partial charge in [0.15, 0.2) is 0 Å². The average Bonchev–Trinajstić information content (AvgIpc) is 2.15. The molecule has 0 heterocycles. The van der Waals surface area contributed by atoms with E-state index in [2.05, 4.69) is 25.2 Å². The maximum absolute atomic E-state index is 9.94. The Labute approximate surface area is 86.0 Å². The summed E-state index contributed by atoms with van der Waals surface area (Å²) >= 11 is 0. The van der Waals surface area contributed by atoms with E-state index in [9.17, 15) is 5.11 Å². The van der Waals surface area contributed by atoms with Gasteiger partial charge in [-0.2, -0.15) is 0 Å². The summed E-state index contributed by atoms with van der Waals surface area (Å²) in [5.74, 6) is 0.429. The second-order valence-electron chi connectivity index (χ2n) is 3.72. The third kappa shape index (κ3) is 2.07. The normalized spacial score (nSPS) is 12.9. The second-order valence-corrected chi connectivity index (χ2v) is 3.72. The molecule has 1 unspecified atom stereocenters. The molecular formula is C12H19NO. The Bertz CT molecular complexity index is 320. The van der Waals surface area contributed by atoms with Gasteiger partial charge in [0.05, 0.1) is 0 Å². The number of nitrogens with one attached hydrogen (secondary N) is 1. The monoisotopic (exact) mass is 193 g/mol. The zero-order valence-electron chi connectivity index (χ0n) is 9.39. The molecule has 0 bridgehead atoms. The third-order valence-corrected chi connectivity index (χ3v) is 2.71. The number of phenolic OH excluding ortho intramolecular Hbond substituents is 1. The van der Waals surface area contributed by atoms with Gasteiger partial charge in [0.2, 0.25) is 0 Å². The summed E-state index contributed by atoms with van der Waals surface area (Å²) in [6, 6.07) is 4.25. The van der Waals surface area contributed by atoms with Crippen LogP contribution in [0.5, 0.6) is 5.75 Å². The van der Waals surface area contributed by atoms with E-state index in [4.69, 9.17) is 0 Å². The molecule has 1 rings (SSSR count). The van der Waals surface area contributed by atoms with Crippen molar-refractivity contribution in [1.82, 2.24) is 5.32 Å². The van der Waals surface area contributed by atoms with Crippen LogP contribution in [-0.4, -0.2) is 11.7 Å². The first kappa shape index (κ1) is 11.1. The molecule has 0 aliphatic rings. The lowest BCUT2D eigenvalue weighted by Crippen LogP contribution is -2.18. The number of hydrogen-bond acceptors (Lipinski definition) is 2. The Morgan fingerprint density at radius 2 is 2.00 bits per heavy atom. The fourth-order valence-electron chi connectivity index (χ4n) is 1.59. The fraction of sp³-hybridized carbons (Fsp3) is 0.500. The highest BCUT2D eigenvalue weighted by Crippen LogP contribution is 2.29. The summed E-state index contributed by atoms with van der Waals surface area (Å²) in [6.45, 7) is 9.00. The highest BCUT2D eigenvalue weighted by Gasteiger charge is 2.11. The molecule has 2 nitrogen and oxygen atoms in total. The summed E-state index contributed by atoms with van der Waals surface area (Å²) in [6.07, 6.45) is 0. The van der Waals surface area contributed by atoms with Gasteiger partial charge in [-0.15, -0.1) is 0 Å². The molecule has 0 spiro atoms. The predicted molar refractivity (Wildman–Crippen MR) is 59.7 cm³/mol. The van der Waals surface area contributed by atoms with E-state index < -0.39 is 0 Å². The van der Waals surface area contributed by atoms with Gasteiger partial charge >= 0.3 is 0 Å². The Hall–Kier alpha value is -1.02. The molecule has 1 aromatic rings. The Balaban J connectivity index is 3.04. The number of aryl methyl sites for hydroxylation is 1. The van der Waals surface area contributed by atoms with Crippen LogP contribution in [0.4, 0.5) is 0 Å². The molecule has 0 radical (unpaired) electrons. The molecule has 0 saturated heterocycles. The van der Waals surface area contributed by atoms with Crippen molar-refractivity contribution < 1.29 is 5.11 Å². The van der Waals surface area contributed by atoms with Crippen LogP contribution in [0.15, 0.2) is 12.1 Å². The summed E-state index contributed by atoms with van der Waals surface area (Å²) in [7, 11) is 0. The van der Waals surface area contributed by atoms with Crippen molar-refractivity contribution in [2.45, 2.75) is 33.7 Å². The summed E-state index contributed by atoms with van der Waals surface area (Å²) in [5, 5.41) is 13.2. The van der Waals surface area contributed by atoms with Gasteiger partial charge in [-0.1, -0.05) is 19.1 Å². The SMILES string of the molecule is CCNC(C)c1ccc(C)c(C)c1O. The number of rotatable bonds is 3. The summed E-state index contributed by atoms with van der Waals surface area (Å²) < 4.78 is 0. The van der Waals surface area contributed by atoms with Gasteiger partial charge in [0, 0.05) is 11.6 Å². The van der Waals surface area contributed by atoms with Gasteiger partial charge in [-0.05, 0) is 38.4 Å². The van der Waals surface area contributed by atoms with Crippen LogP contribution in [0, 0.1) is 13.8 Å². The number of benzene rings is 1. The minimum atomic E-state index is 0.208. The van der Waals surface area contributed by atoms with Gasteiger partial charge in [-0.25, -0.2) is 0 Å². The highest BCUT2D eigenvalue weighted by atomic mass is 16.3. The molecule has 0 saturated carbocycles. The maximum Gasteiger partial charge on any atom is 0.123 e. The number of aromatic hydroxyl groups is 1. The van der Waals surface area contributed by atoms with E-state index in [-0.39, 0.29) is 6.04 Å². The van der Waals surface area contributed by atoms with Crippen molar-refractivity contribution in [1.29, 1.82) is 0 Å². The molecule has 0 fully saturated rings. The maximum atomic E-state index is 9.94. The Morgan fingerprint density at radius 1 is 1.36 bits per heavy atom. The first-order valence-electron chi connectivity index (χ1n) is 5.10. The quantitative estimate of drug-likeness (QED) is 0.773. The van der Waals surface area contributed by atoms with Crippen molar-refractivity contribution in [3.8, 4) is 5.75 Å². The lowest BCUT2D eigenvalue weighted by Gasteiger charge is -2.16. The smallest absolute Gasteiger partial charge is 0.123 e. The highest BCUT2D eigenvalue weighted by molar-refractivity contribution is 5.45. The van der Waals surface area contributed by atoms with Crippen LogP contribution in [0.3, 0.4) is 0 Å². The molecule has 0 amide bonds. The van der Waals surface area contributed by atoms with Gasteiger partial charge in [-0.3, -0.25) is 0 Å². The Morgan fingerprint density at radius 3 is 2.57 bits per heavy atom. The van der Waals surface area contributed by atoms with Crippen molar-refractivity contribution in [3.05, 3.63) is 28.8 Å².